The van der Waals surface area contributed by atoms with Crippen LogP contribution >= 0.6 is 11.7 Å². The van der Waals surface area contributed by atoms with E-state index >= 15 is 0 Å². The van der Waals surface area contributed by atoms with E-state index in [0.717, 1.165) is 51.6 Å². The average molecular weight is 442 g/mol. The number of aromatic nitrogens is 4. The second-order valence-electron chi connectivity index (χ2n) is 7.54. The maximum absolute atomic E-state index is 5.58. The third-order valence-electron chi connectivity index (χ3n) is 5.42. The molecule has 2 aromatic heterocycles. The number of nitrogens with one attached hydrogen (secondary N) is 1. The Bertz CT molecular complexity index is 1400. The smallest absolute Gasteiger partial charge is 0.231 e. The molecule has 1 aliphatic heterocycles. The summed E-state index contributed by atoms with van der Waals surface area (Å²) in [5.41, 5.74) is 7.08. The predicted molar refractivity (Wildman–Crippen MR) is 123 cm³/mol. The lowest BCUT2D eigenvalue weighted by Gasteiger charge is -2.06. The summed E-state index contributed by atoms with van der Waals surface area (Å²) in [7, 11) is 0. The molecule has 0 aliphatic carbocycles. The molecule has 32 heavy (non-hydrogen) atoms. The normalized spacial score (nSPS) is 12.5. The first kappa shape index (κ1) is 19.0. The van der Waals surface area contributed by atoms with E-state index in [4.69, 9.17) is 14.6 Å². The van der Waals surface area contributed by atoms with E-state index in [9.17, 15) is 0 Å². The highest BCUT2D eigenvalue weighted by atomic mass is 32.1. The SMILES string of the molecule is c1ccc(-n2cc(CNCc3ccc4nsnc4c3)c(-c3ccc4c(c3)OCO4)n2)cc1. The Morgan fingerprint density at radius 2 is 1.75 bits per heavy atom. The molecule has 0 saturated heterocycles. The van der Waals surface area contributed by atoms with Crippen molar-refractivity contribution in [2.45, 2.75) is 13.1 Å². The first-order valence-electron chi connectivity index (χ1n) is 10.3. The van der Waals surface area contributed by atoms with Crippen LogP contribution in [0.3, 0.4) is 0 Å². The summed E-state index contributed by atoms with van der Waals surface area (Å²) < 4.78 is 21.6. The van der Waals surface area contributed by atoms with Gasteiger partial charge in [-0.2, -0.15) is 13.8 Å². The lowest BCUT2D eigenvalue weighted by Crippen LogP contribution is -2.12. The van der Waals surface area contributed by atoms with Crippen LogP contribution in [0.5, 0.6) is 11.5 Å². The monoisotopic (exact) mass is 441 g/mol. The van der Waals surface area contributed by atoms with Gasteiger partial charge in [0.15, 0.2) is 11.5 Å². The van der Waals surface area contributed by atoms with Crippen molar-refractivity contribution < 1.29 is 9.47 Å². The zero-order valence-corrected chi connectivity index (χ0v) is 17.9. The molecule has 8 heteroatoms. The highest BCUT2D eigenvalue weighted by Gasteiger charge is 2.18. The van der Waals surface area contributed by atoms with Crippen LogP contribution in [0.25, 0.3) is 28.0 Å². The van der Waals surface area contributed by atoms with Gasteiger partial charge >= 0.3 is 0 Å². The molecule has 0 unspecified atom stereocenters. The van der Waals surface area contributed by atoms with Crippen molar-refractivity contribution in [1.82, 2.24) is 23.8 Å². The number of benzene rings is 3. The quantitative estimate of drug-likeness (QED) is 0.416. The molecule has 6 rings (SSSR count). The lowest BCUT2D eigenvalue weighted by molar-refractivity contribution is 0.174. The van der Waals surface area contributed by atoms with Crippen LogP contribution in [0.2, 0.25) is 0 Å². The number of nitrogens with zero attached hydrogens (tertiary/aromatic N) is 4. The summed E-state index contributed by atoms with van der Waals surface area (Å²) in [4.78, 5) is 0. The number of hydrogen-bond donors (Lipinski definition) is 1. The van der Waals surface area contributed by atoms with Gasteiger partial charge in [-0.05, 0) is 48.0 Å². The molecular formula is C24H19N5O2S. The molecule has 0 amide bonds. The van der Waals surface area contributed by atoms with Crippen LogP contribution in [0, 0.1) is 0 Å². The largest absolute Gasteiger partial charge is 0.454 e. The minimum Gasteiger partial charge on any atom is -0.454 e. The molecule has 3 heterocycles. The summed E-state index contributed by atoms with van der Waals surface area (Å²) in [6, 6.07) is 22.3. The van der Waals surface area contributed by atoms with Gasteiger partial charge < -0.3 is 14.8 Å². The molecule has 0 atom stereocenters. The van der Waals surface area contributed by atoms with E-state index in [0.29, 0.717) is 6.54 Å². The van der Waals surface area contributed by atoms with Crippen LogP contribution in [-0.4, -0.2) is 25.3 Å². The van der Waals surface area contributed by atoms with E-state index in [1.165, 1.54) is 17.3 Å². The van der Waals surface area contributed by atoms with Gasteiger partial charge in [0.25, 0.3) is 0 Å². The Morgan fingerprint density at radius 3 is 2.69 bits per heavy atom. The minimum absolute atomic E-state index is 0.254. The fourth-order valence-corrected chi connectivity index (χ4v) is 4.34. The summed E-state index contributed by atoms with van der Waals surface area (Å²) >= 11 is 1.24. The Labute approximate surface area is 188 Å². The van der Waals surface area contributed by atoms with E-state index in [2.05, 4.69) is 32.4 Å². The van der Waals surface area contributed by atoms with E-state index in [-0.39, 0.29) is 6.79 Å². The van der Waals surface area contributed by atoms with Crippen molar-refractivity contribution in [2.75, 3.05) is 6.79 Å². The topological polar surface area (TPSA) is 74.1 Å². The number of rotatable bonds is 6. The van der Waals surface area contributed by atoms with Crippen molar-refractivity contribution in [2.24, 2.45) is 0 Å². The van der Waals surface area contributed by atoms with Crippen LogP contribution in [-0.2, 0) is 13.1 Å². The first-order chi connectivity index (χ1) is 15.8. The van der Waals surface area contributed by atoms with Crippen molar-refractivity contribution in [3.63, 3.8) is 0 Å². The van der Waals surface area contributed by atoms with Crippen LogP contribution < -0.4 is 14.8 Å². The zero-order valence-electron chi connectivity index (χ0n) is 17.1. The van der Waals surface area contributed by atoms with Gasteiger partial charge in [0, 0.05) is 30.4 Å². The van der Waals surface area contributed by atoms with E-state index in [1.54, 1.807) is 0 Å². The Morgan fingerprint density at radius 1 is 0.875 bits per heavy atom. The number of hydrogen-bond acceptors (Lipinski definition) is 7. The molecule has 0 spiro atoms. The second-order valence-corrected chi connectivity index (χ2v) is 8.07. The summed E-state index contributed by atoms with van der Waals surface area (Å²) in [5, 5.41) is 8.45. The molecule has 158 valence electrons. The summed E-state index contributed by atoms with van der Waals surface area (Å²) in [5.74, 6) is 1.52. The molecule has 1 aliphatic rings. The average Bonchev–Trinajstić information content (AvgIpc) is 3.58. The minimum atomic E-state index is 0.254. The van der Waals surface area contributed by atoms with Gasteiger partial charge in [-0.25, -0.2) is 4.68 Å². The maximum atomic E-state index is 5.58. The van der Waals surface area contributed by atoms with Crippen molar-refractivity contribution >= 4 is 22.8 Å². The van der Waals surface area contributed by atoms with Gasteiger partial charge in [0.1, 0.15) is 11.0 Å². The highest BCUT2D eigenvalue weighted by molar-refractivity contribution is 7.00. The maximum Gasteiger partial charge on any atom is 0.231 e. The molecule has 3 aromatic carbocycles. The number of para-hydroxylation sites is 1. The predicted octanol–water partition coefficient (Wildman–Crippen LogP) is 4.56. The molecule has 0 bridgehead atoms. The number of fused-ring (bicyclic) bond motifs is 2. The van der Waals surface area contributed by atoms with Crippen molar-refractivity contribution in [1.29, 1.82) is 0 Å². The second kappa shape index (κ2) is 8.07. The van der Waals surface area contributed by atoms with Gasteiger partial charge in [-0.1, -0.05) is 24.3 Å². The Balaban J connectivity index is 1.29. The van der Waals surface area contributed by atoms with Gasteiger partial charge in [-0.15, -0.1) is 0 Å². The Kier molecular flexibility index (Phi) is 4.78. The molecule has 0 fully saturated rings. The third-order valence-corrected chi connectivity index (χ3v) is 5.98. The highest BCUT2D eigenvalue weighted by Crippen LogP contribution is 2.36. The molecule has 0 radical (unpaired) electrons. The molecule has 1 N–H and O–H groups in total. The fourth-order valence-electron chi connectivity index (χ4n) is 3.82. The lowest BCUT2D eigenvalue weighted by atomic mass is 10.1. The standard InChI is InChI=1S/C24H19N5O2S/c1-2-4-19(5-3-1)29-14-18(13-25-12-16-6-8-20-21(10-16)28-32-27-20)24(26-29)17-7-9-22-23(11-17)31-15-30-22/h1-11,14,25H,12-13,15H2. The van der Waals surface area contributed by atoms with E-state index in [1.807, 2.05) is 59.3 Å². The first-order valence-corrected chi connectivity index (χ1v) is 11.0. The molecule has 5 aromatic rings. The molecule has 0 saturated carbocycles. The molecule has 7 nitrogen and oxygen atoms in total. The van der Waals surface area contributed by atoms with Gasteiger partial charge in [0.2, 0.25) is 6.79 Å². The van der Waals surface area contributed by atoms with Crippen LogP contribution in [0.15, 0.2) is 72.9 Å². The van der Waals surface area contributed by atoms with Crippen molar-refractivity contribution in [3.05, 3.63) is 84.1 Å². The Hall–Kier alpha value is -3.75. The zero-order chi connectivity index (χ0) is 21.3. The van der Waals surface area contributed by atoms with Crippen LogP contribution in [0.4, 0.5) is 0 Å². The van der Waals surface area contributed by atoms with Crippen LogP contribution in [0.1, 0.15) is 11.1 Å². The number of ether oxygens (including phenoxy) is 2. The van der Waals surface area contributed by atoms with E-state index < -0.39 is 0 Å². The van der Waals surface area contributed by atoms with Gasteiger partial charge in [-0.3, -0.25) is 0 Å². The molecular weight excluding hydrogens is 422 g/mol. The van der Waals surface area contributed by atoms with Gasteiger partial charge in [0.05, 0.1) is 23.1 Å². The van der Waals surface area contributed by atoms with Crippen molar-refractivity contribution in [3.8, 4) is 28.4 Å². The fraction of sp³-hybridized carbons (Fsp3) is 0.125. The summed E-state index contributed by atoms with van der Waals surface area (Å²) in [6.45, 7) is 1.65. The summed E-state index contributed by atoms with van der Waals surface area (Å²) in [6.07, 6.45) is 2.08. The third kappa shape index (κ3) is 3.59.